The van der Waals surface area contributed by atoms with Crippen LogP contribution < -0.4 is 10.5 Å². The summed E-state index contributed by atoms with van der Waals surface area (Å²) in [5.41, 5.74) is 5.90. The van der Waals surface area contributed by atoms with Gasteiger partial charge in [0.15, 0.2) is 0 Å². The van der Waals surface area contributed by atoms with Crippen LogP contribution in [-0.4, -0.2) is 17.4 Å². The summed E-state index contributed by atoms with van der Waals surface area (Å²) in [6, 6.07) is 5.98. The highest BCUT2D eigenvalue weighted by Crippen LogP contribution is 2.41. The van der Waals surface area contributed by atoms with E-state index in [1.807, 2.05) is 0 Å². The first kappa shape index (κ1) is 14.1. The van der Waals surface area contributed by atoms with Gasteiger partial charge in [-0.15, -0.1) is 0 Å². The third-order valence-electron chi connectivity index (χ3n) is 1.98. The fourth-order valence-electron chi connectivity index (χ4n) is 1.00. The molecule has 0 saturated carbocycles. The van der Waals surface area contributed by atoms with Gasteiger partial charge >= 0.3 is 10.8 Å². The molecule has 0 unspecified atom stereocenters. The highest BCUT2D eigenvalue weighted by Gasteiger charge is 2.53. The van der Waals surface area contributed by atoms with Crippen LogP contribution in [0.2, 0.25) is 0 Å². The standard InChI is InChI=1S/C10H10BrF4NO/c11-10(14,15)9(12,13)5-6-17-8-3-1-7(16)2-4-8/h1-4H,5-6,16H2. The van der Waals surface area contributed by atoms with E-state index in [4.69, 9.17) is 10.5 Å². The van der Waals surface area contributed by atoms with Gasteiger partial charge in [0, 0.05) is 5.69 Å². The van der Waals surface area contributed by atoms with Crippen LogP contribution >= 0.6 is 15.9 Å². The lowest BCUT2D eigenvalue weighted by Gasteiger charge is -2.21. The van der Waals surface area contributed by atoms with Crippen molar-refractivity contribution < 1.29 is 22.3 Å². The molecular weight excluding hydrogens is 306 g/mol. The fraction of sp³-hybridized carbons (Fsp3) is 0.400. The number of rotatable bonds is 5. The van der Waals surface area contributed by atoms with E-state index in [0.717, 1.165) is 0 Å². The maximum absolute atomic E-state index is 12.8. The van der Waals surface area contributed by atoms with Crippen molar-refractivity contribution in [3.63, 3.8) is 0 Å². The molecule has 0 aliphatic heterocycles. The SMILES string of the molecule is Nc1ccc(OCCC(F)(F)C(F)(F)Br)cc1. The molecule has 0 spiro atoms. The van der Waals surface area contributed by atoms with Crippen molar-refractivity contribution >= 4 is 21.6 Å². The van der Waals surface area contributed by atoms with E-state index < -0.39 is 23.8 Å². The van der Waals surface area contributed by atoms with Crippen LogP contribution in [0.3, 0.4) is 0 Å². The molecule has 96 valence electrons. The summed E-state index contributed by atoms with van der Waals surface area (Å²) < 4.78 is 55.3. The molecule has 0 aliphatic rings. The maximum Gasteiger partial charge on any atom is 0.363 e. The summed E-state index contributed by atoms with van der Waals surface area (Å²) in [5, 5.41) is 0. The number of alkyl halides is 5. The Morgan fingerprint density at radius 1 is 1.12 bits per heavy atom. The van der Waals surface area contributed by atoms with Crippen LogP contribution in [0.25, 0.3) is 0 Å². The predicted octanol–water partition coefficient (Wildman–Crippen LogP) is 3.66. The molecule has 0 saturated heterocycles. The zero-order valence-corrected chi connectivity index (χ0v) is 10.2. The Morgan fingerprint density at radius 2 is 1.65 bits per heavy atom. The molecular formula is C10H10BrF4NO. The number of anilines is 1. The highest BCUT2D eigenvalue weighted by molar-refractivity contribution is 9.10. The molecule has 0 radical (unpaired) electrons. The molecule has 0 bridgehead atoms. The number of nitrogens with two attached hydrogens (primary N) is 1. The minimum Gasteiger partial charge on any atom is -0.493 e. The monoisotopic (exact) mass is 315 g/mol. The van der Waals surface area contributed by atoms with Crippen molar-refractivity contribution in [3.8, 4) is 5.75 Å². The van der Waals surface area contributed by atoms with Crippen molar-refractivity contribution in [2.24, 2.45) is 0 Å². The van der Waals surface area contributed by atoms with Crippen molar-refractivity contribution in [1.82, 2.24) is 0 Å². The second-order valence-corrected chi connectivity index (χ2v) is 4.37. The highest BCUT2D eigenvalue weighted by atomic mass is 79.9. The Kier molecular flexibility index (Phi) is 4.24. The third kappa shape index (κ3) is 4.07. The van der Waals surface area contributed by atoms with Gasteiger partial charge < -0.3 is 10.5 Å². The lowest BCUT2D eigenvalue weighted by molar-refractivity contribution is -0.154. The van der Waals surface area contributed by atoms with Crippen molar-refractivity contribution in [3.05, 3.63) is 24.3 Å². The number of hydrogen-bond donors (Lipinski definition) is 1. The third-order valence-corrected chi connectivity index (χ3v) is 2.56. The summed E-state index contributed by atoms with van der Waals surface area (Å²) >= 11 is 1.64. The van der Waals surface area contributed by atoms with Crippen LogP contribution in [0.1, 0.15) is 6.42 Å². The van der Waals surface area contributed by atoms with Crippen molar-refractivity contribution in [2.75, 3.05) is 12.3 Å². The second kappa shape index (κ2) is 5.12. The number of ether oxygens (including phenoxy) is 1. The average Bonchev–Trinajstić information content (AvgIpc) is 2.19. The van der Waals surface area contributed by atoms with Gasteiger partial charge in [0.05, 0.1) is 13.0 Å². The van der Waals surface area contributed by atoms with Gasteiger partial charge in [-0.05, 0) is 40.2 Å². The van der Waals surface area contributed by atoms with Crippen molar-refractivity contribution in [2.45, 2.75) is 17.2 Å². The van der Waals surface area contributed by atoms with Gasteiger partial charge in [0.25, 0.3) is 0 Å². The summed E-state index contributed by atoms with van der Waals surface area (Å²) in [5.74, 6) is -3.85. The van der Waals surface area contributed by atoms with E-state index in [1.54, 1.807) is 15.9 Å². The van der Waals surface area contributed by atoms with Gasteiger partial charge in [-0.25, -0.2) is 0 Å². The zero-order valence-electron chi connectivity index (χ0n) is 8.60. The molecule has 17 heavy (non-hydrogen) atoms. The molecule has 0 aromatic heterocycles. The fourth-order valence-corrected chi connectivity index (χ4v) is 1.20. The molecule has 0 aliphatic carbocycles. The Labute approximate surface area is 104 Å². The smallest absolute Gasteiger partial charge is 0.363 e. The Morgan fingerprint density at radius 3 is 2.12 bits per heavy atom. The summed E-state index contributed by atoms with van der Waals surface area (Å²) in [6.45, 7) is -0.516. The Hall–Kier alpha value is -0.980. The zero-order chi connectivity index (χ0) is 13.1. The minimum absolute atomic E-state index is 0.299. The van der Waals surface area contributed by atoms with Crippen molar-refractivity contribution in [1.29, 1.82) is 0 Å². The predicted molar refractivity (Wildman–Crippen MR) is 59.8 cm³/mol. The number of halogens is 5. The molecule has 0 amide bonds. The van der Waals surface area contributed by atoms with Gasteiger partial charge in [0.2, 0.25) is 0 Å². The van der Waals surface area contributed by atoms with E-state index >= 15 is 0 Å². The van der Waals surface area contributed by atoms with Crippen LogP contribution in [0.4, 0.5) is 23.2 Å². The number of hydrogen-bond acceptors (Lipinski definition) is 2. The largest absolute Gasteiger partial charge is 0.493 e. The van der Waals surface area contributed by atoms with Crippen LogP contribution in [0.5, 0.6) is 5.75 Å². The summed E-state index contributed by atoms with van der Waals surface area (Å²) in [6.07, 6.45) is -1.09. The lowest BCUT2D eigenvalue weighted by atomic mass is 10.2. The quantitative estimate of drug-likeness (QED) is 0.511. The Balaban J connectivity index is 2.45. The summed E-state index contributed by atoms with van der Waals surface area (Å²) in [4.78, 5) is -4.23. The van der Waals surface area contributed by atoms with E-state index in [0.29, 0.717) is 11.4 Å². The van der Waals surface area contributed by atoms with Crippen LogP contribution in [0, 0.1) is 0 Å². The van der Waals surface area contributed by atoms with E-state index in [2.05, 4.69) is 0 Å². The van der Waals surface area contributed by atoms with E-state index in [1.165, 1.54) is 24.3 Å². The van der Waals surface area contributed by atoms with Gasteiger partial charge in [-0.2, -0.15) is 17.6 Å². The molecule has 1 rings (SSSR count). The van der Waals surface area contributed by atoms with E-state index in [-0.39, 0.29) is 0 Å². The molecule has 0 heterocycles. The number of nitrogen functional groups attached to an aromatic ring is 1. The average molecular weight is 316 g/mol. The molecule has 2 nitrogen and oxygen atoms in total. The van der Waals surface area contributed by atoms with Crippen LogP contribution in [-0.2, 0) is 0 Å². The first-order valence-electron chi connectivity index (χ1n) is 4.65. The first-order chi connectivity index (χ1) is 7.72. The molecule has 2 N–H and O–H groups in total. The van der Waals surface area contributed by atoms with E-state index in [9.17, 15) is 17.6 Å². The topological polar surface area (TPSA) is 35.2 Å². The first-order valence-corrected chi connectivity index (χ1v) is 5.44. The molecule has 0 atom stereocenters. The number of benzene rings is 1. The summed E-state index contributed by atoms with van der Waals surface area (Å²) in [7, 11) is 0. The lowest BCUT2D eigenvalue weighted by Crippen LogP contribution is -2.36. The van der Waals surface area contributed by atoms with Gasteiger partial charge in [-0.3, -0.25) is 0 Å². The van der Waals surface area contributed by atoms with Crippen LogP contribution in [0.15, 0.2) is 24.3 Å². The normalized spacial score (nSPS) is 12.5. The van der Waals surface area contributed by atoms with Gasteiger partial charge in [-0.1, -0.05) is 0 Å². The molecule has 1 aromatic rings. The molecule has 7 heteroatoms. The molecule has 1 aromatic carbocycles. The maximum atomic E-state index is 12.8. The molecule has 0 fully saturated rings. The second-order valence-electron chi connectivity index (χ2n) is 3.37. The Bertz CT molecular complexity index is 364. The minimum atomic E-state index is -4.23. The van der Waals surface area contributed by atoms with Gasteiger partial charge in [0.1, 0.15) is 5.75 Å².